The van der Waals surface area contributed by atoms with E-state index in [2.05, 4.69) is 19.9 Å². The van der Waals surface area contributed by atoms with Crippen LogP contribution in [0.15, 0.2) is 30.7 Å². The van der Waals surface area contributed by atoms with E-state index in [4.69, 9.17) is 5.73 Å². The average Bonchev–Trinajstić information content (AvgIpc) is 3.11. The van der Waals surface area contributed by atoms with Crippen LogP contribution < -0.4 is 10.6 Å². The molecule has 118 valence electrons. The van der Waals surface area contributed by atoms with Crippen molar-refractivity contribution in [3.05, 3.63) is 30.7 Å². The van der Waals surface area contributed by atoms with E-state index in [9.17, 15) is 8.78 Å². The van der Waals surface area contributed by atoms with Crippen LogP contribution in [0.2, 0.25) is 0 Å². The second kappa shape index (κ2) is 5.15. The maximum Gasteiger partial charge on any atom is 0.220 e. The van der Waals surface area contributed by atoms with Gasteiger partial charge in [-0.2, -0.15) is 0 Å². The van der Waals surface area contributed by atoms with Crippen molar-refractivity contribution in [1.82, 2.24) is 19.9 Å². The molecule has 0 amide bonds. The maximum atomic E-state index is 13.6. The van der Waals surface area contributed by atoms with Gasteiger partial charge in [-0.05, 0) is 12.1 Å². The van der Waals surface area contributed by atoms with Crippen LogP contribution in [-0.4, -0.2) is 45.4 Å². The van der Waals surface area contributed by atoms with Gasteiger partial charge in [-0.25, -0.2) is 23.7 Å². The van der Waals surface area contributed by atoms with Gasteiger partial charge in [-0.1, -0.05) is 0 Å². The number of hydrogen-bond donors (Lipinski definition) is 2. The molecule has 0 spiro atoms. The smallest absolute Gasteiger partial charge is 0.220 e. The van der Waals surface area contributed by atoms with Gasteiger partial charge in [-0.3, -0.25) is 0 Å². The van der Waals surface area contributed by atoms with Gasteiger partial charge in [0.15, 0.2) is 12.3 Å². The molecule has 3 aromatic rings. The summed E-state index contributed by atoms with van der Waals surface area (Å²) in [5, 5.41) is 0.770. The highest BCUT2D eigenvalue weighted by Gasteiger charge is 2.34. The third-order valence-corrected chi connectivity index (χ3v) is 4.02. The molecule has 4 heterocycles. The predicted octanol–water partition coefficient (Wildman–Crippen LogP) is 2.10. The number of nitrogen functional groups attached to an aromatic ring is 1. The van der Waals surface area contributed by atoms with Gasteiger partial charge in [0.25, 0.3) is 0 Å². The molecule has 1 aliphatic heterocycles. The zero-order valence-electron chi connectivity index (χ0n) is 12.1. The number of hydrogen-bond acceptors (Lipinski definition) is 5. The van der Waals surface area contributed by atoms with E-state index in [1.54, 1.807) is 35.6 Å². The highest BCUT2D eigenvalue weighted by molar-refractivity contribution is 6.02. The molecule has 0 bridgehead atoms. The minimum Gasteiger partial charge on any atom is -0.368 e. The number of nitrogens with one attached hydrogen (secondary N) is 1. The molecule has 3 aromatic heterocycles. The van der Waals surface area contributed by atoms with Crippen molar-refractivity contribution in [3.8, 4) is 11.3 Å². The first-order valence-corrected chi connectivity index (χ1v) is 7.21. The Bertz CT molecular complexity index is 854. The summed E-state index contributed by atoms with van der Waals surface area (Å²) in [6.45, 7) is 0.0492. The summed E-state index contributed by atoms with van der Waals surface area (Å²) >= 11 is 0. The summed E-state index contributed by atoms with van der Waals surface area (Å²) in [4.78, 5) is 17.1. The second-order valence-corrected chi connectivity index (χ2v) is 5.49. The molecule has 8 heteroatoms. The van der Waals surface area contributed by atoms with Gasteiger partial charge < -0.3 is 15.6 Å². The number of aromatic amines is 1. The summed E-state index contributed by atoms with van der Waals surface area (Å²) < 4.78 is 27.2. The minimum atomic E-state index is -1.48. The van der Waals surface area contributed by atoms with Crippen LogP contribution in [0.5, 0.6) is 0 Å². The molecule has 0 saturated carbocycles. The number of nitrogens with two attached hydrogens (primary N) is 1. The Morgan fingerprint density at radius 1 is 1.13 bits per heavy atom. The van der Waals surface area contributed by atoms with E-state index < -0.39 is 12.3 Å². The summed E-state index contributed by atoms with van der Waals surface area (Å²) in [6.07, 6.45) is 1.99. The lowest BCUT2D eigenvalue weighted by Crippen LogP contribution is -2.20. The van der Waals surface area contributed by atoms with Crippen molar-refractivity contribution in [2.75, 3.05) is 23.7 Å². The van der Waals surface area contributed by atoms with Crippen LogP contribution in [0.3, 0.4) is 0 Å². The molecule has 1 saturated heterocycles. The number of anilines is 2. The Morgan fingerprint density at radius 3 is 2.61 bits per heavy atom. The topological polar surface area (TPSA) is 83.7 Å². The van der Waals surface area contributed by atoms with Crippen molar-refractivity contribution in [3.63, 3.8) is 0 Å². The molecule has 0 aromatic carbocycles. The molecule has 0 radical (unpaired) electrons. The van der Waals surface area contributed by atoms with Crippen LogP contribution in [0.25, 0.3) is 22.3 Å². The fourth-order valence-electron chi connectivity index (χ4n) is 2.95. The van der Waals surface area contributed by atoms with Crippen molar-refractivity contribution in [1.29, 1.82) is 0 Å². The molecule has 23 heavy (non-hydrogen) atoms. The van der Waals surface area contributed by atoms with E-state index in [-0.39, 0.29) is 19.0 Å². The van der Waals surface area contributed by atoms with Crippen LogP contribution in [0, 0.1) is 0 Å². The first kappa shape index (κ1) is 13.9. The Hall–Kier alpha value is -2.77. The number of fused-ring (bicyclic) bond motifs is 1. The molecular formula is C15H14F2N6. The number of halogens is 2. The van der Waals surface area contributed by atoms with Gasteiger partial charge >= 0.3 is 0 Å². The highest BCUT2D eigenvalue weighted by Crippen LogP contribution is 2.36. The van der Waals surface area contributed by atoms with Crippen LogP contribution in [0.4, 0.5) is 20.4 Å². The molecule has 2 atom stereocenters. The molecule has 3 N–H and O–H groups in total. The largest absolute Gasteiger partial charge is 0.368 e. The van der Waals surface area contributed by atoms with E-state index >= 15 is 0 Å². The lowest BCUT2D eigenvalue weighted by Gasteiger charge is -2.18. The van der Waals surface area contributed by atoms with E-state index in [0.29, 0.717) is 11.3 Å². The Balaban J connectivity index is 1.88. The third kappa shape index (κ3) is 2.26. The molecule has 2 unspecified atom stereocenters. The SMILES string of the molecule is Nc1nccc(-c2c[nH]c3nccc(N4CC(F)C(F)C4)c23)n1. The quantitative estimate of drug-likeness (QED) is 0.756. The summed E-state index contributed by atoms with van der Waals surface area (Å²) in [5.74, 6) is 0.163. The van der Waals surface area contributed by atoms with Gasteiger partial charge in [0, 0.05) is 24.2 Å². The average molecular weight is 316 g/mol. The van der Waals surface area contributed by atoms with Gasteiger partial charge in [0.05, 0.1) is 29.9 Å². The minimum absolute atomic E-state index is 0.0246. The van der Waals surface area contributed by atoms with E-state index in [0.717, 1.165) is 16.6 Å². The predicted molar refractivity (Wildman–Crippen MR) is 83.5 cm³/mol. The Labute approximate surface area is 130 Å². The van der Waals surface area contributed by atoms with Crippen LogP contribution >= 0.6 is 0 Å². The van der Waals surface area contributed by atoms with Crippen molar-refractivity contribution < 1.29 is 8.78 Å². The molecular weight excluding hydrogens is 302 g/mol. The summed E-state index contributed by atoms with van der Waals surface area (Å²) in [6, 6.07) is 3.49. The number of rotatable bonds is 2. The first-order chi connectivity index (χ1) is 11.1. The zero-order valence-corrected chi connectivity index (χ0v) is 12.1. The first-order valence-electron chi connectivity index (χ1n) is 7.21. The zero-order chi connectivity index (χ0) is 16.0. The van der Waals surface area contributed by atoms with Crippen LogP contribution in [0.1, 0.15) is 0 Å². The maximum absolute atomic E-state index is 13.6. The number of aromatic nitrogens is 4. The van der Waals surface area contributed by atoms with Crippen molar-refractivity contribution in [2.24, 2.45) is 0 Å². The normalized spacial score (nSPS) is 21.2. The highest BCUT2D eigenvalue weighted by atomic mass is 19.2. The molecule has 1 fully saturated rings. The Morgan fingerprint density at radius 2 is 1.87 bits per heavy atom. The second-order valence-electron chi connectivity index (χ2n) is 5.49. The van der Waals surface area contributed by atoms with E-state index in [1.807, 2.05) is 0 Å². The fraction of sp³-hybridized carbons (Fsp3) is 0.267. The standard InChI is InChI=1S/C15H14F2N6/c16-9-6-23(7-10(9)17)12-2-4-19-14-13(12)8(5-21-14)11-1-3-20-15(18)22-11/h1-5,9-10H,6-7H2,(H,19,21)(H2,18,20,22). The van der Waals surface area contributed by atoms with Gasteiger partial charge in [-0.15, -0.1) is 0 Å². The molecule has 0 aliphatic carbocycles. The number of H-pyrrole nitrogens is 1. The van der Waals surface area contributed by atoms with Crippen LogP contribution in [-0.2, 0) is 0 Å². The third-order valence-electron chi connectivity index (χ3n) is 4.02. The Kier molecular flexibility index (Phi) is 3.10. The number of nitrogens with zero attached hydrogens (tertiary/aromatic N) is 4. The number of pyridine rings is 1. The summed E-state index contributed by atoms with van der Waals surface area (Å²) in [7, 11) is 0. The molecule has 1 aliphatic rings. The van der Waals surface area contributed by atoms with Gasteiger partial charge in [0.1, 0.15) is 5.65 Å². The lowest BCUT2D eigenvalue weighted by molar-refractivity contribution is 0.217. The summed E-state index contributed by atoms with van der Waals surface area (Å²) in [5.41, 5.74) is 8.41. The number of alkyl halides is 2. The van der Waals surface area contributed by atoms with Gasteiger partial charge in [0.2, 0.25) is 5.95 Å². The lowest BCUT2D eigenvalue weighted by atomic mass is 10.1. The monoisotopic (exact) mass is 316 g/mol. The van der Waals surface area contributed by atoms with Crippen molar-refractivity contribution >= 4 is 22.7 Å². The van der Waals surface area contributed by atoms with Crippen molar-refractivity contribution in [2.45, 2.75) is 12.3 Å². The van der Waals surface area contributed by atoms with E-state index in [1.165, 1.54) is 0 Å². The molecule has 6 nitrogen and oxygen atoms in total. The molecule has 4 rings (SSSR count). The fourth-order valence-corrected chi connectivity index (χ4v) is 2.95.